The molecule has 126 valence electrons. The lowest BCUT2D eigenvalue weighted by Gasteiger charge is -2.29. The summed E-state index contributed by atoms with van der Waals surface area (Å²) in [5.41, 5.74) is 7.29. The highest BCUT2D eigenvalue weighted by molar-refractivity contribution is 7.13. The van der Waals surface area contributed by atoms with E-state index in [9.17, 15) is 4.79 Å². The fraction of sp³-hybridized carbons (Fsp3) is 0.714. The van der Waals surface area contributed by atoms with E-state index in [1.807, 2.05) is 5.38 Å². The molecule has 0 bridgehead atoms. The van der Waals surface area contributed by atoms with Crippen molar-refractivity contribution in [1.29, 1.82) is 0 Å². The van der Waals surface area contributed by atoms with Crippen molar-refractivity contribution in [2.45, 2.75) is 38.8 Å². The van der Waals surface area contributed by atoms with Gasteiger partial charge in [-0.05, 0) is 24.7 Å². The Morgan fingerprint density at radius 3 is 2.91 bits per heavy atom. The molecule has 1 saturated carbocycles. The molecule has 2 aliphatic rings. The second kappa shape index (κ2) is 8.45. The van der Waals surface area contributed by atoms with E-state index in [0.29, 0.717) is 17.1 Å². The zero-order valence-corrected chi connectivity index (χ0v) is 15.1. The number of anilines is 1. The Kier molecular flexibility index (Phi) is 7.55. The van der Waals surface area contributed by atoms with E-state index < -0.39 is 0 Å². The van der Waals surface area contributed by atoms with Crippen molar-refractivity contribution < 1.29 is 4.79 Å². The summed E-state index contributed by atoms with van der Waals surface area (Å²) in [7, 11) is 0. The smallest absolute Gasteiger partial charge is 0.223 e. The molecule has 1 amide bonds. The van der Waals surface area contributed by atoms with Crippen LogP contribution in [-0.4, -0.2) is 34.9 Å². The largest absolute Gasteiger partial charge is 0.327 e. The third-order valence-corrected chi connectivity index (χ3v) is 5.26. The highest BCUT2D eigenvalue weighted by atomic mass is 35.5. The Morgan fingerprint density at radius 2 is 2.23 bits per heavy atom. The molecular weight excluding hydrogens is 343 g/mol. The van der Waals surface area contributed by atoms with Gasteiger partial charge < -0.3 is 11.1 Å². The lowest BCUT2D eigenvalue weighted by Crippen LogP contribution is -2.38. The number of thiazole rings is 1. The minimum absolute atomic E-state index is 0. The van der Waals surface area contributed by atoms with Gasteiger partial charge in [-0.25, -0.2) is 4.98 Å². The number of hydrogen-bond acceptors (Lipinski definition) is 5. The average molecular weight is 367 g/mol. The number of halogens is 2. The number of aromatic nitrogens is 1. The highest BCUT2D eigenvalue weighted by Gasteiger charge is 2.38. The van der Waals surface area contributed by atoms with Gasteiger partial charge in [0.25, 0.3) is 0 Å². The molecule has 0 spiro atoms. The van der Waals surface area contributed by atoms with Gasteiger partial charge in [0.15, 0.2) is 5.13 Å². The molecule has 1 aromatic rings. The average Bonchev–Trinajstić information content (AvgIpc) is 2.96. The third kappa shape index (κ3) is 4.55. The van der Waals surface area contributed by atoms with Crippen LogP contribution in [0.15, 0.2) is 5.38 Å². The molecule has 22 heavy (non-hydrogen) atoms. The predicted molar refractivity (Wildman–Crippen MR) is 95.0 cm³/mol. The van der Waals surface area contributed by atoms with Gasteiger partial charge in [-0.2, -0.15) is 0 Å². The van der Waals surface area contributed by atoms with Crippen LogP contribution in [0.3, 0.4) is 0 Å². The van der Waals surface area contributed by atoms with Crippen LogP contribution < -0.4 is 11.1 Å². The van der Waals surface area contributed by atoms with E-state index in [0.717, 1.165) is 31.2 Å². The Morgan fingerprint density at radius 1 is 1.45 bits per heavy atom. The van der Waals surface area contributed by atoms with Gasteiger partial charge in [0.2, 0.25) is 5.91 Å². The maximum Gasteiger partial charge on any atom is 0.223 e. The molecular formula is C14H24Cl2N4OS. The van der Waals surface area contributed by atoms with Crippen LogP contribution in [0.4, 0.5) is 5.13 Å². The van der Waals surface area contributed by atoms with Crippen molar-refractivity contribution >= 4 is 47.2 Å². The topological polar surface area (TPSA) is 71.2 Å². The second-order valence-corrected chi connectivity index (χ2v) is 6.90. The van der Waals surface area contributed by atoms with Crippen molar-refractivity contribution in [1.82, 2.24) is 9.88 Å². The third-order valence-electron chi connectivity index (χ3n) is 4.45. The SMILES string of the molecule is CC(=O)Nc1nc(CN2CC3CCCC(N)C3C2)cs1.Cl.Cl. The molecule has 2 heterocycles. The number of nitrogens with zero attached hydrogens (tertiary/aromatic N) is 2. The summed E-state index contributed by atoms with van der Waals surface area (Å²) >= 11 is 1.49. The molecule has 2 fully saturated rings. The van der Waals surface area contributed by atoms with E-state index >= 15 is 0 Å². The van der Waals surface area contributed by atoms with Crippen LogP contribution >= 0.6 is 36.2 Å². The lowest BCUT2D eigenvalue weighted by atomic mass is 9.78. The Labute approximate surface area is 147 Å². The molecule has 1 aromatic heterocycles. The van der Waals surface area contributed by atoms with Crippen molar-refractivity contribution in [3.05, 3.63) is 11.1 Å². The van der Waals surface area contributed by atoms with Gasteiger partial charge in [-0.1, -0.05) is 6.42 Å². The van der Waals surface area contributed by atoms with Crippen LogP contribution in [0.1, 0.15) is 31.9 Å². The molecule has 5 nitrogen and oxygen atoms in total. The summed E-state index contributed by atoms with van der Waals surface area (Å²) in [5, 5.41) is 5.47. The molecule has 3 atom stereocenters. The molecule has 1 saturated heterocycles. The maximum absolute atomic E-state index is 11.0. The van der Waals surface area contributed by atoms with Crippen molar-refractivity contribution in [3.63, 3.8) is 0 Å². The van der Waals surface area contributed by atoms with Gasteiger partial charge >= 0.3 is 0 Å². The van der Waals surface area contributed by atoms with Crippen LogP contribution in [0.5, 0.6) is 0 Å². The molecule has 1 aliphatic heterocycles. The molecule has 0 radical (unpaired) electrons. The Bertz CT molecular complexity index is 499. The van der Waals surface area contributed by atoms with Crippen molar-refractivity contribution in [3.8, 4) is 0 Å². The zero-order chi connectivity index (χ0) is 14.1. The van der Waals surface area contributed by atoms with E-state index in [2.05, 4.69) is 15.2 Å². The van der Waals surface area contributed by atoms with Crippen LogP contribution in [0.2, 0.25) is 0 Å². The minimum Gasteiger partial charge on any atom is -0.327 e. The van der Waals surface area contributed by atoms with E-state index in [1.165, 1.54) is 37.5 Å². The summed E-state index contributed by atoms with van der Waals surface area (Å²) < 4.78 is 0. The quantitative estimate of drug-likeness (QED) is 0.861. The number of carbonyl (C=O) groups is 1. The van der Waals surface area contributed by atoms with Crippen LogP contribution in [0, 0.1) is 11.8 Å². The molecule has 3 rings (SSSR count). The molecule has 3 N–H and O–H groups in total. The monoisotopic (exact) mass is 366 g/mol. The fourth-order valence-corrected chi connectivity index (χ4v) is 4.30. The van der Waals surface area contributed by atoms with E-state index in [1.54, 1.807) is 0 Å². The highest BCUT2D eigenvalue weighted by Crippen LogP contribution is 2.36. The minimum atomic E-state index is -0.0657. The standard InChI is InChI=1S/C14H22N4OS.2ClH/c1-9(19)16-14-17-11(8-20-14)6-18-5-10-3-2-4-13(15)12(10)7-18;;/h8,10,12-13H,2-7,15H2,1H3,(H,16,17,19);2*1H. The first kappa shape index (κ1) is 19.6. The fourth-order valence-electron chi connectivity index (χ4n) is 3.55. The first-order chi connectivity index (χ1) is 9.61. The second-order valence-electron chi connectivity index (χ2n) is 6.04. The maximum atomic E-state index is 11.0. The van der Waals surface area contributed by atoms with Crippen LogP contribution in [-0.2, 0) is 11.3 Å². The molecule has 1 aliphatic carbocycles. The van der Waals surface area contributed by atoms with E-state index in [-0.39, 0.29) is 30.7 Å². The Hall–Kier alpha value is -0.400. The molecule has 0 aromatic carbocycles. The van der Waals surface area contributed by atoms with Crippen molar-refractivity contribution in [2.24, 2.45) is 17.6 Å². The van der Waals surface area contributed by atoms with Gasteiger partial charge in [-0.15, -0.1) is 36.2 Å². The molecule has 3 unspecified atom stereocenters. The first-order valence-electron chi connectivity index (χ1n) is 7.32. The van der Waals surface area contributed by atoms with Gasteiger partial charge in [0.05, 0.1) is 5.69 Å². The molecule has 8 heteroatoms. The number of rotatable bonds is 3. The summed E-state index contributed by atoms with van der Waals surface area (Å²) in [6.45, 7) is 4.62. The summed E-state index contributed by atoms with van der Waals surface area (Å²) in [4.78, 5) is 17.9. The first-order valence-corrected chi connectivity index (χ1v) is 8.19. The summed E-state index contributed by atoms with van der Waals surface area (Å²) in [6.07, 6.45) is 3.78. The summed E-state index contributed by atoms with van der Waals surface area (Å²) in [5.74, 6) is 1.37. The van der Waals surface area contributed by atoms with Gasteiger partial charge in [0, 0.05) is 38.0 Å². The predicted octanol–water partition coefficient (Wildman–Crippen LogP) is 2.50. The summed E-state index contributed by atoms with van der Waals surface area (Å²) in [6, 6.07) is 0.379. The normalized spacial score (nSPS) is 27.5. The zero-order valence-electron chi connectivity index (χ0n) is 12.7. The number of fused-ring (bicyclic) bond motifs is 1. The van der Waals surface area contributed by atoms with Crippen molar-refractivity contribution in [2.75, 3.05) is 18.4 Å². The number of nitrogens with one attached hydrogen (secondary N) is 1. The van der Waals surface area contributed by atoms with Gasteiger partial charge in [-0.3, -0.25) is 9.69 Å². The number of carbonyl (C=O) groups excluding carboxylic acids is 1. The number of amides is 1. The van der Waals surface area contributed by atoms with Crippen LogP contribution in [0.25, 0.3) is 0 Å². The Balaban J connectivity index is 0.00000121. The van der Waals surface area contributed by atoms with Gasteiger partial charge in [0.1, 0.15) is 0 Å². The number of hydrogen-bond donors (Lipinski definition) is 2. The van der Waals surface area contributed by atoms with E-state index in [4.69, 9.17) is 5.73 Å². The number of likely N-dealkylation sites (tertiary alicyclic amines) is 1. The lowest BCUT2D eigenvalue weighted by molar-refractivity contribution is -0.114. The number of nitrogens with two attached hydrogens (primary N) is 1.